The summed E-state index contributed by atoms with van der Waals surface area (Å²) in [5, 5.41) is 6.00. The molecule has 2 N–H and O–H groups in total. The van der Waals surface area contributed by atoms with Gasteiger partial charge in [-0.25, -0.2) is 9.97 Å². The van der Waals surface area contributed by atoms with Gasteiger partial charge >= 0.3 is 0 Å². The zero-order valence-corrected chi connectivity index (χ0v) is 15.8. The fourth-order valence-corrected chi connectivity index (χ4v) is 2.45. The Bertz CT molecular complexity index is 750. The highest BCUT2D eigenvalue weighted by atomic mass is 16.5. The monoisotopic (exact) mass is 358 g/mol. The number of rotatable bonds is 9. The number of hydrogen-bond acceptors (Lipinski definition) is 6. The van der Waals surface area contributed by atoms with Gasteiger partial charge in [0.2, 0.25) is 5.95 Å². The minimum Gasteiger partial charge on any atom is -0.493 e. The number of ether oxygens (including phenoxy) is 2. The molecule has 2 aromatic rings. The first-order valence-corrected chi connectivity index (χ1v) is 8.70. The predicted octanol–water partition coefficient (Wildman–Crippen LogP) is 3.66. The van der Waals surface area contributed by atoms with Crippen LogP contribution in [-0.4, -0.2) is 36.6 Å². The maximum atomic E-state index is 12.5. The number of amides is 1. The lowest BCUT2D eigenvalue weighted by Gasteiger charge is -2.11. The van der Waals surface area contributed by atoms with E-state index >= 15 is 0 Å². The minimum absolute atomic E-state index is 0.306. The molecule has 0 aliphatic heterocycles. The predicted molar refractivity (Wildman–Crippen MR) is 102 cm³/mol. The number of aryl methyl sites for hydroxylation is 1. The van der Waals surface area contributed by atoms with Crippen LogP contribution in [0.2, 0.25) is 0 Å². The number of hydrogen-bond donors (Lipinski definition) is 2. The van der Waals surface area contributed by atoms with E-state index in [0.29, 0.717) is 28.8 Å². The van der Waals surface area contributed by atoms with E-state index in [1.54, 1.807) is 38.5 Å². The van der Waals surface area contributed by atoms with Gasteiger partial charge in [0.1, 0.15) is 5.69 Å². The number of nitrogens with one attached hydrogen (secondary N) is 2. The Labute approximate surface area is 154 Å². The van der Waals surface area contributed by atoms with Crippen LogP contribution in [0.15, 0.2) is 24.3 Å². The summed E-state index contributed by atoms with van der Waals surface area (Å²) in [5.74, 6) is 1.31. The van der Waals surface area contributed by atoms with E-state index in [1.807, 2.05) is 6.92 Å². The van der Waals surface area contributed by atoms with Gasteiger partial charge in [0.15, 0.2) is 11.5 Å². The number of unbranched alkanes of at least 4 members (excludes halogenated alkanes) is 2. The van der Waals surface area contributed by atoms with Crippen LogP contribution in [-0.2, 0) is 0 Å². The molecule has 26 heavy (non-hydrogen) atoms. The number of benzene rings is 1. The first-order valence-electron chi connectivity index (χ1n) is 8.70. The van der Waals surface area contributed by atoms with Crippen molar-refractivity contribution in [1.82, 2.24) is 9.97 Å². The molecular weight excluding hydrogens is 332 g/mol. The average Bonchev–Trinajstić information content (AvgIpc) is 2.64. The molecule has 0 saturated heterocycles. The summed E-state index contributed by atoms with van der Waals surface area (Å²) >= 11 is 0. The zero-order chi connectivity index (χ0) is 18.9. The average molecular weight is 358 g/mol. The van der Waals surface area contributed by atoms with Gasteiger partial charge in [0.25, 0.3) is 5.91 Å². The molecule has 7 nitrogen and oxygen atoms in total. The highest BCUT2D eigenvalue weighted by Gasteiger charge is 2.12. The maximum absolute atomic E-state index is 12.5. The molecule has 0 aliphatic rings. The molecule has 0 unspecified atom stereocenters. The fourth-order valence-electron chi connectivity index (χ4n) is 2.45. The highest BCUT2D eigenvalue weighted by molar-refractivity contribution is 6.03. The van der Waals surface area contributed by atoms with E-state index in [4.69, 9.17) is 9.47 Å². The third kappa shape index (κ3) is 5.34. The van der Waals surface area contributed by atoms with E-state index in [1.165, 1.54) is 0 Å². The number of nitrogens with zero attached hydrogens (tertiary/aromatic N) is 2. The van der Waals surface area contributed by atoms with Crippen LogP contribution in [0.1, 0.15) is 42.4 Å². The Morgan fingerprint density at radius 1 is 1.08 bits per heavy atom. The Kier molecular flexibility index (Phi) is 7.20. The first kappa shape index (κ1) is 19.5. The summed E-state index contributed by atoms with van der Waals surface area (Å²) < 4.78 is 10.5. The van der Waals surface area contributed by atoms with Crippen molar-refractivity contribution in [2.24, 2.45) is 0 Å². The van der Waals surface area contributed by atoms with Crippen molar-refractivity contribution in [3.8, 4) is 11.5 Å². The number of methoxy groups -OCH3 is 2. The SMILES string of the molecule is CCCCCNc1nc(C)cc(C(=O)Nc2ccc(OC)c(OC)c2)n1. The summed E-state index contributed by atoms with van der Waals surface area (Å²) in [6.45, 7) is 4.78. The molecule has 1 amide bonds. The van der Waals surface area contributed by atoms with Crippen LogP contribution >= 0.6 is 0 Å². The summed E-state index contributed by atoms with van der Waals surface area (Å²) in [4.78, 5) is 21.2. The third-order valence-corrected chi connectivity index (χ3v) is 3.79. The van der Waals surface area contributed by atoms with Crippen LogP contribution in [0.5, 0.6) is 11.5 Å². The third-order valence-electron chi connectivity index (χ3n) is 3.79. The summed E-state index contributed by atoms with van der Waals surface area (Å²) in [6, 6.07) is 6.85. The molecule has 0 bridgehead atoms. The number of carbonyl (C=O) groups excluding carboxylic acids is 1. The second-order valence-corrected chi connectivity index (χ2v) is 5.88. The smallest absolute Gasteiger partial charge is 0.274 e. The molecule has 140 valence electrons. The lowest BCUT2D eigenvalue weighted by molar-refractivity contribution is 0.102. The lowest BCUT2D eigenvalue weighted by Crippen LogP contribution is -2.16. The molecule has 0 fully saturated rings. The summed E-state index contributed by atoms with van der Waals surface area (Å²) in [7, 11) is 3.11. The van der Waals surface area contributed by atoms with E-state index < -0.39 is 0 Å². The van der Waals surface area contributed by atoms with Gasteiger partial charge in [-0.05, 0) is 31.5 Å². The Hall–Kier alpha value is -2.83. The standard InChI is InChI=1S/C19H26N4O3/c1-5-6-7-10-20-19-21-13(2)11-15(23-19)18(24)22-14-8-9-16(25-3)17(12-14)26-4/h8-9,11-12H,5-7,10H2,1-4H3,(H,22,24)(H,20,21,23). The largest absolute Gasteiger partial charge is 0.493 e. The van der Waals surface area contributed by atoms with E-state index in [-0.39, 0.29) is 5.91 Å². The van der Waals surface area contributed by atoms with Crippen molar-refractivity contribution in [2.75, 3.05) is 31.4 Å². The molecule has 0 radical (unpaired) electrons. The second kappa shape index (κ2) is 9.60. The lowest BCUT2D eigenvalue weighted by atomic mass is 10.2. The zero-order valence-electron chi connectivity index (χ0n) is 15.8. The Morgan fingerprint density at radius 2 is 1.85 bits per heavy atom. The quantitative estimate of drug-likeness (QED) is 0.666. The molecule has 0 atom stereocenters. The molecular formula is C19H26N4O3. The molecule has 2 rings (SSSR count). The van der Waals surface area contributed by atoms with Gasteiger partial charge < -0.3 is 20.1 Å². The van der Waals surface area contributed by atoms with Crippen LogP contribution in [0, 0.1) is 6.92 Å². The summed E-state index contributed by atoms with van der Waals surface area (Å²) in [6.07, 6.45) is 3.34. The molecule has 1 aromatic carbocycles. The molecule has 7 heteroatoms. The number of anilines is 2. The minimum atomic E-state index is -0.306. The van der Waals surface area contributed by atoms with Gasteiger partial charge in [0.05, 0.1) is 14.2 Å². The van der Waals surface area contributed by atoms with E-state index in [0.717, 1.165) is 31.5 Å². The molecule has 0 aliphatic carbocycles. The van der Waals surface area contributed by atoms with Crippen molar-refractivity contribution >= 4 is 17.5 Å². The van der Waals surface area contributed by atoms with Crippen molar-refractivity contribution in [2.45, 2.75) is 33.1 Å². The van der Waals surface area contributed by atoms with Crippen LogP contribution in [0.3, 0.4) is 0 Å². The van der Waals surface area contributed by atoms with Crippen molar-refractivity contribution < 1.29 is 14.3 Å². The van der Waals surface area contributed by atoms with Gasteiger partial charge in [-0.3, -0.25) is 4.79 Å². The molecule has 0 saturated carbocycles. The van der Waals surface area contributed by atoms with Crippen molar-refractivity contribution in [3.63, 3.8) is 0 Å². The van der Waals surface area contributed by atoms with Gasteiger partial charge in [0, 0.05) is 24.0 Å². The fraction of sp³-hybridized carbons (Fsp3) is 0.421. The van der Waals surface area contributed by atoms with Crippen LogP contribution < -0.4 is 20.1 Å². The second-order valence-electron chi connectivity index (χ2n) is 5.88. The van der Waals surface area contributed by atoms with Gasteiger partial charge in [-0.2, -0.15) is 0 Å². The van der Waals surface area contributed by atoms with Gasteiger partial charge in [-0.15, -0.1) is 0 Å². The Morgan fingerprint density at radius 3 is 2.54 bits per heavy atom. The first-order chi connectivity index (χ1) is 12.6. The van der Waals surface area contributed by atoms with Crippen molar-refractivity contribution in [3.05, 3.63) is 35.7 Å². The van der Waals surface area contributed by atoms with E-state index in [9.17, 15) is 4.79 Å². The summed E-state index contributed by atoms with van der Waals surface area (Å²) in [5.41, 5.74) is 1.64. The van der Waals surface area contributed by atoms with E-state index in [2.05, 4.69) is 27.5 Å². The number of aromatic nitrogens is 2. The Balaban J connectivity index is 2.10. The molecule has 0 spiro atoms. The highest BCUT2D eigenvalue weighted by Crippen LogP contribution is 2.29. The molecule has 1 aromatic heterocycles. The topological polar surface area (TPSA) is 85.4 Å². The normalized spacial score (nSPS) is 10.3. The maximum Gasteiger partial charge on any atom is 0.274 e. The van der Waals surface area contributed by atoms with Crippen molar-refractivity contribution in [1.29, 1.82) is 0 Å². The number of carbonyl (C=O) groups is 1. The van der Waals surface area contributed by atoms with Gasteiger partial charge in [-0.1, -0.05) is 19.8 Å². The van der Waals surface area contributed by atoms with Crippen LogP contribution in [0.25, 0.3) is 0 Å². The molecule has 1 heterocycles. The van der Waals surface area contributed by atoms with Crippen LogP contribution in [0.4, 0.5) is 11.6 Å².